The smallest absolute Gasteiger partial charge is 0.412 e. The van der Waals surface area contributed by atoms with E-state index >= 15 is 0 Å². The summed E-state index contributed by atoms with van der Waals surface area (Å²) in [4.78, 5) is 56.9. The molecule has 3 fully saturated rings. The van der Waals surface area contributed by atoms with Crippen molar-refractivity contribution in [2.75, 3.05) is 18.5 Å². The normalized spacial score (nSPS) is 24.5. The molecule has 4 amide bonds. The van der Waals surface area contributed by atoms with Crippen molar-refractivity contribution >= 4 is 39.5 Å². The number of aromatic nitrogens is 2. The Morgan fingerprint density at radius 2 is 1.86 bits per heavy atom. The number of hydrogen-bond donors (Lipinski definition) is 3. The van der Waals surface area contributed by atoms with Crippen LogP contribution in [0.4, 0.5) is 14.9 Å². The molecule has 0 aliphatic heterocycles. The van der Waals surface area contributed by atoms with Gasteiger partial charge < -0.3 is 15.3 Å². The molecule has 0 spiro atoms. The van der Waals surface area contributed by atoms with Crippen LogP contribution in [-0.4, -0.2) is 82.4 Å². The van der Waals surface area contributed by atoms with Crippen LogP contribution in [0.1, 0.15) is 57.1 Å². The Kier molecular flexibility index (Phi) is 10.3. The molecule has 1 heterocycles. The fraction of sp³-hybridized carbons (Fsp3) is 0.500. The van der Waals surface area contributed by atoms with Crippen molar-refractivity contribution in [3.8, 4) is 5.69 Å². The van der Waals surface area contributed by atoms with Gasteiger partial charge in [0, 0.05) is 31.7 Å². The van der Waals surface area contributed by atoms with E-state index < -0.39 is 68.3 Å². The number of unbranched alkanes of at least 4 members (excludes halogenated alkanes) is 2. The van der Waals surface area contributed by atoms with Gasteiger partial charge in [-0.05, 0) is 82.6 Å². The fourth-order valence-corrected chi connectivity index (χ4v) is 8.10. The fourth-order valence-electron chi connectivity index (χ4n) is 6.73. The lowest BCUT2D eigenvalue weighted by Crippen LogP contribution is -2.54. The van der Waals surface area contributed by atoms with E-state index in [0.717, 1.165) is 23.8 Å². The summed E-state index contributed by atoms with van der Waals surface area (Å²) in [6.45, 7) is 9.59. The van der Waals surface area contributed by atoms with E-state index in [1.807, 2.05) is 0 Å². The highest BCUT2D eigenvalue weighted by Gasteiger charge is 2.62. The zero-order valence-electron chi connectivity index (χ0n) is 27.7. The van der Waals surface area contributed by atoms with Crippen molar-refractivity contribution < 1.29 is 37.1 Å². The van der Waals surface area contributed by atoms with Crippen molar-refractivity contribution in [3.05, 3.63) is 67.3 Å². The van der Waals surface area contributed by atoms with E-state index in [4.69, 9.17) is 0 Å². The van der Waals surface area contributed by atoms with Crippen molar-refractivity contribution in [2.24, 2.45) is 17.8 Å². The number of anilines is 1. The SMILES string of the molecule is C=CCCCCN(C)C(=O)C1CC(N(C(=O)O)c2cc(F)ccc2-n2ccc(C)n2)CC1C(=O)NC1(C(=O)NS(=O)(=O)C2CC2)CC1C=C. The second-order valence-electron chi connectivity index (χ2n) is 13.3. The third-order valence-corrected chi connectivity index (χ3v) is 11.5. The molecule has 1 aromatic heterocycles. The maximum Gasteiger partial charge on any atom is 0.412 e. The minimum absolute atomic E-state index is 0.0133. The first-order valence-corrected chi connectivity index (χ1v) is 18.0. The Bertz CT molecular complexity index is 1760. The third-order valence-electron chi connectivity index (χ3n) is 9.71. The molecule has 3 N–H and O–H groups in total. The molecule has 0 bridgehead atoms. The first-order valence-electron chi connectivity index (χ1n) is 16.4. The van der Waals surface area contributed by atoms with Crippen LogP contribution in [0.3, 0.4) is 0 Å². The number of carbonyl (C=O) groups excluding carboxylic acids is 3. The summed E-state index contributed by atoms with van der Waals surface area (Å²) in [7, 11) is -2.30. The van der Waals surface area contributed by atoms with Gasteiger partial charge >= 0.3 is 6.09 Å². The van der Waals surface area contributed by atoms with Gasteiger partial charge in [0.2, 0.25) is 21.8 Å². The summed E-state index contributed by atoms with van der Waals surface area (Å²) < 4.78 is 43.5. The minimum atomic E-state index is -3.92. The topological polar surface area (TPSA) is 171 Å². The zero-order valence-corrected chi connectivity index (χ0v) is 28.5. The van der Waals surface area contributed by atoms with Crippen LogP contribution >= 0.6 is 0 Å². The number of sulfonamides is 1. The van der Waals surface area contributed by atoms with E-state index in [-0.39, 0.29) is 36.5 Å². The molecule has 5 atom stereocenters. The van der Waals surface area contributed by atoms with Crippen LogP contribution in [0.2, 0.25) is 0 Å². The summed E-state index contributed by atoms with van der Waals surface area (Å²) in [6.07, 6.45) is 6.50. The number of allylic oxidation sites excluding steroid dienone is 1. The number of nitrogens with zero attached hydrogens (tertiary/aromatic N) is 4. The van der Waals surface area contributed by atoms with Gasteiger partial charge in [0.25, 0.3) is 5.91 Å². The van der Waals surface area contributed by atoms with E-state index in [9.17, 15) is 37.1 Å². The Morgan fingerprint density at radius 1 is 1.14 bits per heavy atom. The molecule has 13 nitrogen and oxygen atoms in total. The average Bonchev–Trinajstić information content (AvgIpc) is 3.94. The highest BCUT2D eigenvalue weighted by atomic mass is 32.2. The molecule has 0 radical (unpaired) electrons. The van der Waals surface area contributed by atoms with Gasteiger partial charge in [0.1, 0.15) is 11.4 Å². The quantitative estimate of drug-likeness (QED) is 0.187. The summed E-state index contributed by atoms with van der Waals surface area (Å²) in [5.74, 6) is -5.25. The number of amides is 4. The molecule has 264 valence electrons. The first-order chi connectivity index (χ1) is 23.2. The second kappa shape index (κ2) is 14.1. The van der Waals surface area contributed by atoms with Crippen LogP contribution in [0.15, 0.2) is 55.8 Å². The number of nitrogens with one attached hydrogen (secondary N) is 2. The van der Waals surface area contributed by atoms with E-state index in [2.05, 4.69) is 28.3 Å². The van der Waals surface area contributed by atoms with E-state index in [1.54, 1.807) is 32.3 Å². The van der Waals surface area contributed by atoms with Crippen molar-refractivity contribution in [2.45, 2.75) is 75.1 Å². The number of rotatable bonds is 15. The van der Waals surface area contributed by atoms with Crippen LogP contribution < -0.4 is 14.9 Å². The Balaban J connectivity index is 1.46. The molecule has 15 heteroatoms. The van der Waals surface area contributed by atoms with Crippen LogP contribution in [0.25, 0.3) is 5.69 Å². The van der Waals surface area contributed by atoms with Gasteiger partial charge in [0.15, 0.2) is 0 Å². The maximum atomic E-state index is 14.7. The first kappa shape index (κ1) is 35.8. The van der Waals surface area contributed by atoms with Crippen molar-refractivity contribution in [1.29, 1.82) is 0 Å². The lowest BCUT2D eigenvalue weighted by atomic mass is 9.93. The molecule has 5 unspecified atom stereocenters. The third kappa shape index (κ3) is 7.56. The average molecular weight is 699 g/mol. The largest absolute Gasteiger partial charge is 0.465 e. The molecule has 3 saturated carbocycles. The zero-order chi connectivity index (χ0) is 35.7. The summed E-state index contributed by atoms with van der Waals surface area (Å²) >= 11 is 0. The Labute approximate surface area is 285 Å². The van der Waals surface area contributed by atoms with Gasteiger partial charge in [-0.25, -0.2) is 22.3 Å². The lowest BCUT2D eigenvalue weighted by molar-refractivity contribution is -0.140. The molecule has 1 aromatic carbocycles. The molecule has 5 rings (SSSR count). The number of hydrogen-bond acceptors (Lipinski definition) is 7. The van der Waals surface area contributed by atoms with Gasteiger partial charge in [-0.1, -0.05) is 12.2 Å². The second-order valence-corrected chi connectivity index (χ2v) is 15.2. The van der Waals surface area contributed by atoms with Gasteiger partial charge in [-0.15, -0.1) is 13.2 Å². The van der Waals surface area contributed by atoms with E-state index in [1.165, 1.54) is 27.8 Å². The molecular formula is C34H43FN6O7S. The van der Waals surface area contributed by atoms with E-state index in [0.29, 0.717) is 31.5 Å². The van der Waals surface area contributed by atoms with Crippen LogP contribution in [0.5, 0.6) is 0 Å². The Hall–Kier alpha value is -4.53. The maximum absolute atomic E-state index is 14.7. The number of benzene rings is 1. The molecule has 2 aromatic rings. The molecule has 0 saturated heterocycles. The minimum Gasteiger partial charge on any atom is -0.465 e. The summed E-state index contributed by atoms with van der Waals surface area (Å²) in [5, 5.41) is 17.0. The number of carboxylic acid groups (broad SMARTS) is 1. The standard InChI is InChI=1S/C34H43FN6O7S/c1-5-7-8-9-15-39(4)31(43)27-19-24(41(33(45)46)29-17-23(35)10-13-28(29)40-16-14-21(3)37-40)18-26(27)30(42)36-34(20-22(34)6-2)32(44)38-49(47,48)25-11-12-25/h5-6,10,13-14,16-17,22,24-27H,1-2,7-9,11-12,15,18-20H2,3-4H3,(H,36,42)(H,38,44)(H,45,46). The van der Waals surface area contributed by atoms with Crippen LogP contribution in [0, 0.1) is 30.5 Å². The highest BCUT2D eigenvalue weighted by Crippen LogP contribution is 2.47. The van der Waals surface area contributed by atoms with Crippen LogP contribution in [-0.2, 0) is 24.4 Å². The predicted molar refractivity (Wildman–Crippen MR) is 180 cm³/mol. The summed E-state index contributed by atoms with van der Waals surface area (Å²) in [6, 6.07) is 4.45. The number of halogens is 1. The van der Waals surface area contributed by atoms with Gasteiger partial charge in [-0.2, -0.15) is 5.10 Å². The number of carbonyl (C=O) groups is 4. The predicted octanol–water partition coefficient (Wildman–Crippen LogP) is 3.68. The van der Waals surface area contributed by atoms with Gasteiger partial charge in [0.05, 0.1) is 34.2 Å². The Morgan fingerprint density at radius 3 is 2.45 bits per heavy atom. The molecule has 49 heavy (non-hydrogen) atoms. The highest BCUT2D eigenvalue weighted by molar-refractivity contribution is 7.91. The lowest BCUT2D eigenvalue weighted by Gasteiger charge is -2.28. The van der Waals surface area contributed by atoms with Crippen molar-refractivity contribution in [1.82, 2.24) is 24.7 Å². The molecular weight excluding hydrogens is 655 g/mol. The van der Waals surface area contributed by atoms with Crippen molar-refractivity contribution in [3.63, 3.8) is 0 Å². The monoisotopic (exact) mass is 698 g/mol. The molecule has 3 aliphatic rings. The molecule has 3 aliphatic carbocycles. The van der Waals surface area contributed by atoms with Gasteiger partial charge in [-0.3, -0.25) is 24.0 Å². The summed E-state index contributed by atoms with van der Waals surface area (Å²) in [5.41, 5.74) is -0.659. The number of aryl methyl sites for hydroxylation is 1.